The first-order chi connectivity index (χ1) is 8.41. The molecule has 0 aliphatic heterocycles. The van der Waals surface area contributed by atoms with Crippen LogP contribution in [0.15, 0.2) is 0 Å². The summed E-state index contributed by atoms with van der Waals surface area (Å²) >= 11 is 0. The van der Waals surface area contributed by atoms with Crippen LogP contribution in [0.25, 0.3) is 0 Å². The molecule has 0 aliphatic carbocycles. The van der Waals surface area contributed by atoms with Gasteiger partial charge in [-0.15, -0.1) is 0 Å². The lowest BCUT2D eigenvalue weighted by Gasteiger charge is -2.06. The molecular weight excluding hydrogens is 224 g/mol. The van der Waals surface area contributed by atoms with Crippen molar-refractivity contribution in [3.05, 3.63) is 0 Å². The van der Waals surface area contributed by atoms with Gasteiger partial charge in [0.1, 0.15) is 0 Å². The Morgan fingerprint density at radius 2 is 1.12 bits per heavy atom. The van der Waals surface area contributed by atoms with Crippen LogP contribution in [-0.2, 0) is 18.9 Å². The Morgan fingerprint density at radius 1 is 0.647 bits per heavy atom. The van der Waals surface area contributed by atoms with Crippen LogP contribution in [0.1, 0.15) is 19.8 Å². The fourth-order valence-corrected chi connectivity index (χ4v) is 1.12. The Bertz CT molecular complexity index is 118. The molecule has 0 fully saturated rings. The smallest absolute Gasteiger partial charge is 0.0701 e. The Labute approximate surface area is 104 Å². The number of rotatable bonds is 14. The standard InChI is InChI=1S/C12H26O5/c1-2-14-7-4-8-16-10-12-17-11-9-15-6-3-5-13/h13H,2-12H2,1H3. The second-order valence-electron chi connectivity index (χ2n) is 3.46. The molecule has 0 rings (SSSR count). The molecule has 0 saturated heterocycles. The second-order valence-corrected chi connectivity index (χ2v) is 3.46. The zero-order valence-electron chi connectivity index (χ0n) is 10.9. The number of hydrogen-bond acceptors (Lipinski definition) is 5. The minimum atomic E-state index is 0.177. The average molecular weight is 250 g/mol. The summed E-state index contributed by atoms with van der Waals surface area (Å²) in [6, 6.07) is 0. The predicted molar refractivity (Wildman–Crippen MR) is 65.3 cm³/mol. The summed E-state index contributed by atoms with van der Waals surface area (Å²) in [4.78, 5) is 0. The van der Waals surface area contributed by atoms with E-state index in [1.807, 2.05) is 6.92 Å². The van der Waals surface area contributed by atoms with E-state index in [1.165, 1.54) is 0 Å². The highest BCUT2D eigenvalue weighted by Crippen LogP contribution is 1.86. The molecule has 1 N–H and O–H groups in total. The first-order valence-electron chi connectivity index (χ1n) is 6.33. The van der Waals surface area contributed by atoms with Crippen molar-refractivity contribution in [2.45, 2.75) is 19.8 Å². The summed E-state index contributed by atoms with van der Waals surface area (Å²) in [5, 5.41) is 8.51. The largest absolute Gasteiger partial charge is 0.396 e. The molecule has 0 unspecified atom stereocenters. The predicted octanol–water partition coefficient (Wildman–Crippen LogP) is 0.845. The maximum Gasteiger partial charge on any atom is 0.0701 e. The van der Waals surface area contributed by atoms with E-state index in [1.54, 1.807) is 0 Å². The molecule has 0 aliphatic rings. The van der Waals surface area contributed by atoms with E-state index in [0.717, 1.165) is 26.2 Å². The third-order valence-electron chi connectivity index (χ3n) is 1.97. The lowest BCUT2D eigenvalue weighted by molar-refractivity contribution is 0.00837. The van der Waals surface area contributed by atoms with Crippen LogP contribution >= 0.6 is 0 Å². The van der Waals surface area contributed by atoms with Crippen molar-refractivity contribution in [2.24, 2.45) is 0 Å². The van der Waals surface area contributed by atoms with Crippen molar-refractivity contribution in [2.75, 3.05) is 59.5 Å². The summed E-state index contributed by atoms with van der Waals surface area (Å²) in [5.41, 5.74) is 0. The van der Waals surface area contributed by atoms with Gasteiger partial charge in [0.15, 0.2) is 0 Å². The van der Waals surface area contributed by atoms with Gasteiger partial charge in [-0.3, -0.25) is 0 Å². The van der Waals surface area contributed by atoms with Gasteiger partial charge in [-0.05, 0) is 19.8 Å². The quantitative estimate of drug-likeness (QED) is 0.463. The van der Waals surface area contributed by atoms with E-state index in [-0.39, 0.29) is 6.61 Å². The number of ether oxygens (including phenoxy) is 4. The van der Waals surface area contributed by atoms with Crippen LogP contribution in [-0.4, -0.2) is 64.6 Å². The van der Waals surface area contributed by atoms with Gasteiger partial charge in [0.05, 0.1) is 26.4 Å². The van der Waals surface area contributed by atoms with Gasteiger partial charge in [0.2, 0.25) is 0 Å². The molecule has 104 valence electrons. The molecule has 5 nitrogen and oxygen atoms in total. The number of hydrogen-bond donors (Lipinski definition) is 1. The van der Waals surface area contributed by atoms with E-state index in [9.17, 15) is 0 Å². The molecule has 5 heteroatoms. The van der Waals surface area contributed by atoms with E-state index in [4.69, 9.17) is 24.1 Å². The van der Waals surface area contributed by atoms with Gasteiger partial charge >= 0.3 is 0 Å². The normalized spacial score (nSPS) is 10.9. The minimum absolute atomic E-state index is 0.177. The molecule has 0 aromatic rings. The van der Waals surface area contributed by atoms with Gasteiger partial charge in [0, 0.05) is 33.0 Å². The molecule has 0 saturated carbocycles. The van der Waals surface area contributed by atoms with Crippen LogP contribution < -0.4 is 0 Å². The van der Waals surface area contributed by atoms with Gasteiger partial charge in [0.25, 0.3) is 0 Å². The van der Waals surface area contributed by atoms with Crippen molar-refractivity contribution < 1.29 is 24.1 Å². The summed E-state index contributed by atoms with van der Waals surface area (Å²) in [5.74, 6) is 0. The van der Waals surface area contributed by atoms with E-state index >= 15 is 0 Å². The van der Waals surface area contributed by atoms with Gasteiger partial charge in [-0.2, -0.15) is 0 Å². The lowest BCUT2D eigenvalue weighted by atomic mass is 10.5. The molecule has 17 heavy (non-hydrogen) atoms. The summed E-state index contributed by atoms with van der Waals surface area (Å²) in [6.45, 7) is 7.35. The van der Waals surface area contributed by atoms with Crippen molar-refractivity contribution in [1.29, 1.82) is 0 Å². The Morgan fingerprint density at radius 3 is 1.65 bits per heavy atom. The van der Waals surface area contributed by atoms with Crippen molar-refractivity contribution >= 4 is 0 Å². The van der Waals surface area contributed by atoms with E-state index in [2.05, 4.69) is 0 Å². The van der Waals surface area contributed by atoms with Crippen molar-refractivity contribution in [3.8, 4) is 0 Å². The summed E-state index contributed by atoms with van der Waals surface area (Å²) in [7, 11) is 0. The van der Waals surface area contributed by atoms with Crippen LogP contribution in [0.2, 0.25) is 0 Å². The van der Waals surface area contributed by atoms with E-state index < -0.39 is 0 Å². The van der Waals surface area contributed by atoms with Crippen LogP contribution in [0, 0.1) is 0 Å². The molecule has 0 aromatic carbocycles. The van der Waals surface area contributed by atoms with Crippen LogP contribution in [0.5, 0.6) is 0 Å². The molecule has 0 amide bonds. The van der Waals surface area contributed by atoms with Crippen LogP contribution in [0.3, 0.4) is 0 Å². The zero-order valence-corrected chi connectivity index (χ0v) is 10.9. The monoisotopic (exact) mass is 250 g/mol. The Hall–Kier alpha value is -0.200. The molecule has 0 aromatic heterocycles. The molecule has 0 atom stereocenters. The molecule has 0 heterocycles. The molecule has 0 bridgehead atoms. The Balaban J connectivity index is 2.85. The van der Waals surface area contributed by atoms with Crippen molar-refractivity contribution in [1.82, 2.24) is 0 Å². The SMILES string of the molecule is CCOCCCOCCOCCOCCCO. The third-order valence-corrected chi connectivity index (χ3v) is 1.97. The van der Waals surface area contributed by atoms with Gasteiger partial charge in [-0.1, -0.05) is 0 Å². The lowest BCUT2D eigenvalue weighted by Crippen LogP contribution is -2.11. The fourth-order valence-electron chi connectivity index (χ4n) is 1.12. The highest BCUT2D eigenvalue weighted by molar-refractivity contribution is 4.37. The average Bonchev–Trinajstić information content (AvgIpc) is 2.35. The summed E-state index contributed by atoms with van der Waals surface area (Å²) in [6.07, 6.45) is 1.61. The molecule has 0 radical (unpaired) electrons. The summed E-state index contributed by atoms with van der Waals surface area (Å²) < 4.78 is 21.0. The topological polar surface area (TPSA) is 57.2 Å². The third kappa shape index (κ3) is 15.8. The van der Waals surface area contributed by atoms with E-state index in [0.29, 0.717) is 39.5 Å². The number of aliphatic hydroxyl groups is 1. The molecular formula is C12H26O5. The zero-order chi connectivity index (χ0) is 12.6. The minimum Gasteiger partial charge on any atom is -0.396 e. The van der Waals surface area contributed by atoms with Gasteiger partial charge in [-0.25, -0.2) is 0 Å². The maximum atomic E-state index is 8.51. The fraction of sp³-hybridized carbons (Fsp3) is 1.00. The van der Waals surface area contributed by atoms with Gasteiger partial charge < -0.3 is 24.1 Å². The number of aliphatic hydroxyl groups excluding tert-OH is 1. The second kappa shape index (κ2) is 15.8. The molecule has 0 spiro atoms. The first kappa shape index (κ1) is 16.8. The van der Waals surface area contributed by atoms with Crippen LogP contribution in [0.4, 0.5) is 0 Å². The highest BCUT2D eigenvalue weighted by Gasteiger charge is 1.92. The highest BCUT2D eigenvalue weighted by atomic mass is 16.5. The van der Waals surface area contributed by atoms with Crippen molar-refractivity contribution in [3.63, 3.8) is 0 Å². The first-order valence-corrected chi connectivity index (χ1v) is 6.33. The maximum absolute atomic E-state index is 8.51. The Kier molecular flexibility index (Phi) is 15.6.